The molecule has 5 heteroatoms. The van der Waals surface area contributed by atoms with Crippen molar-refractivity contribution in [3.8, 4) is 0 Å². The van der Waals surface area contributed by atoms with Crippen molar-refractivity contribution in [1.82, 2.24) is 9.55 Å². The molecule has 0 saturated carbocycles. The summed E-state index contributed by atoms with van der Waals surface area (Å²) in [6, 6.07) is 1.88. The van der Waals surface area contributed by atoms with Crippen LogP contribution in [0.25, 0.3) is 11.0 Å². The summed E-state index contributed by atoms with van der Waals surface area (Å²) in [7, 11) is 1.53. The number of carbonyl (C=O) groups excluding carboxylic acids is 1. The predicted octanol–water partition coefficient (Wildman–Crippen LogP) is 1.66. The highest BCUT2D eigenvalue weighted by molar-refractivity contribution is 5.83. The van der Waals surface area contributed by atoms with Crippen molar-refractivity contribution in [2.45, 2.75) is 0 Å². The van der Waals surface area contributed by atoms with Gasteiger partial charge < -0.3 is 4.57 Å². The summed E-state index contributed by atoms with van der Waals surface area (Å²) in [5.74, 6) is -1.37. The van der Waals surface area contributed by atoms with Gasteiger partial charge in [0.15, 0.2) is 17.9 Å². The third-order valence-corrected chi connectivity index (χ3v) is 2.04. The average Bonchev–Trinajstić information content (AvgIpc) is 2.44. The molecule has 3 nitrogen and oxygen atoms in total. The van der Waals surface area contributed by atoms with E-state index in [1.54, 1.807) is 0 Å². The molecule has 0 radical (unpaired) electrons. The lowest BCUT2D eigenvalue weighted by Crippen LogP contribution is -1.94. The molecule has 0 amide bonds. The Balaban J connectivity index is 2.91. The van der Waals surface area contributed by atoms with Crippen molar-refractivity contribution in [3.05, 3.63) is 29.6 Å². The maximum absolute atomic E-state index is 13.1. The van der Waals surface area contributed by atoms with E-state index in [9.17, 15) is 13.6 Å². The van der Waals surface area contributed by atoms with Crippen molar-refractivity contribution in [3.63, 3.8) is 0 Å². The van der Waals surface area contributed by atoms with Crippen LogP contribution >= 0.6 is 0 Å². The van der Waals surface area contributed by atoms with Crippen molar-refractivity contribution in [2.75, 3.05) is 0 Å². The standard InChI is InChI=1S/C9H6F2N2O/c1-13-7-3-5(10)2-6(11)9(7)12-8(13)4-14/h2-4H,1H3. The molecule has 72 valence electrons. The lowest BCUT2D eigenvalue weighted by Gasteiger charge is -1.96. The molecular formula is C9H6F2N2O. The number of aryl methyl sites for hydroxylation is 1. The van der Waals surface area contributed by atoms with E-state index in [-0.39, 0.29) is 16.9 Å². The zero-order valence-electron chi connectivity index (χ0n) is 7.29. The largest absolute Gasteiger partial charge is 0.325 e. The van der Waals surface area contributed by atoms with E-state index in [4.69, 9.17) is 0 Å². The molecule has 0 spiro atoms. The lowest BCUT2D eigenvalue weighted by atomic mass is 10.3. The fourth-order valence-corrected chi connectivity index (χ4v) is 1.34. The summed E-state index contributed by atoms with van der Waals surface area (Å²) in [5.41, 5.74) is 0.278. The van der Waals surface area contributed by atoms with E-state index < -0.39 is 11.6 Å². The van der Waals surface area contributed by atoms with Crippen LogP contribution in [0.15, 0.2) is 12.1 Å². The van der Waals surface area contributed by atoms with Gasteiger partial charge in [0.1, 0.15) is 11.3 Å². The second-order valence-electron chi connectivity index (χ2n) is 2.90. The summed E-state index contributed by atoms with van der Waals surface area (Å²) < 4.78 is 27.3. The van der Waals surface area contributed by atoms with Crippen molar-refractivity contribution < 1.29 is 13.6 Å². The predicted molar refractivity (Wildman–Crippen MR) is 46.0 cm³/mol. The normalized spacial score (nSPS) is 10.8. The Hall–Kier alpha value is -1.78. The van der Waals surface area contributed by atoms with Crippen LogP contribution in [0, 0.1) is 11.6 Å². The van der Waals surface area contributed by atoms with Gasteiger partial charge in [-0.1, -0.05) is 0 Å². The number of aldehydes is 1. The number of carbonyl (C=O) groups is 1. The van der Waals surface area contributed by atoms with Gasteiger partial charge in [-0.3, -0.25) is 4.79 Å². The maximum Gasteiger partial charge on any atom is 0.185 e. The van der Waals surface area contributed by atoms with Gasteiger partial charge in [-0.15, -0.1) is 0 Å². The summed E-state index contributed by atoms with van der Waals surface area (Å²) >= 11 is 0. The molecule has 0 atom stereocenters. The zero-order chi connectivity index (χ0) is 10.3. The molecule has 1 heterocycles. The van der Waals surface area contributed by atoms with Crippen LogP contribution in [0.5, 0.6) is 0 Å². The van der Waals surface area contributed by atoms with E-state index in [2.05, 4.69) is 4.98 Å². The summed E-state index contributed by atoms with van der Waals surface area (Å²) in [6.45, 7) is 0. The average molecular weight is 196 g/mol. The summed E-state index contributed by atoms with van der Waals surface area (Å²) in [5, 5.41) is 0. The second-order valence-corrected chi connectivity index (χ2v) is 2.90. The Kier molecular flexibility index (Phi) is 1.80. The van der Waals surface area contributed by atoms with Gasteiger partial charge in [0.25, 0.3) is 0 Å². The number of nitrogens with zero attached hydrogens (tertiary/aromatic N) is 2. The van der Waals surface area contributed by atoms with E-state index in [1.165, 1.54) is 11.6 Å². The Labute approximate surface area is 78.0 Å². The van der Waals surface area contributed by atoms with Gasteiger partial charge in [0, 0.05) is 13.1 Å². The van der Waals surface area contributed by atoms with Gasteiger partial charge in [-0.2, -0.15) is 0 Å². The van der Waals surface area contributed by atoms with Crippen LogP contribution in [-0.4, -0.2) is 15.8 Å². The fraction of sp³-hybridized carbons (Fsp3) is 0.111. The minimum absolute atomic E-state index is 0.0102. The Morgan fingerprint density at radius 3 is 2.79 bits per heavy atom. The first-order chi connectivity index (χ1) is 6.63. The van der Waals surface area contributed by atoms with Crippen molar-refractivity contribution in [1.29, 1.82) is 0 Å². The lowest BCUT2D eigenvalue weighted by molar-refractivity contribution is 0.111. The molecule has 0 fully saturated rings. The molecule has 0 aliphatic rings. The Morgan fingerprint density at radius 2 is 2.14 bits per heavy atom. The molecule has 1 aromatic heterocycles. The quantitative estimate of drug-likeness (QED) is 0.650. The third kappa shape index (κ3) is 1.09. The maximum atomic E-state index is 13.1. The third-order valence-electron chi connectivity index (χ3n) is 2.04. The van der Waals surface area contributed by atoms with Crippen LogP contribution in [-0.2, 0) is 7.05 Å². The molecule has 0 aliphatic heterocycles. The molecule has 1 aromatic carbocycles. The molecule has 2 aromatic rings. The number of rotatable bonds is 1. The number of hydrogen-bond donors (Lipinski definition) is 0. The monoisotopic (exact) mass is 196 g/mol. The summed E-state index contributed by atoms with van der Waals surface area (Å²) in [6.07, 6.45) is 0.497. The topological polar surface area (TPSA) is 34.9 Å². The van der Waals surface area contributed by atoms with Crippen LogP contribution in [0.2, 0.25) is 0 Å². The second kappa shape index (κ2) is 2.87. The minimum Gasteiger partial charge on any atom is -0.325 e. The molecule has 0 aliphatic carbocycles. The van der Waals surface area contributed by atoms with Gasteiger partial charge in [-0.25, -0.2) is 13.8 Å². The van der Waals surface area contributed by atoms with Crippen molar-refractivity contribution in [2.24, 2.45) is 7.05 Å². The fourth-order valence-electron chi connectivity index (χ4n) is 1.34. The van der Waals surface area contributed by atoms with Crippen LogP contribution in [0.1, 0.15) is 10.6 Å². The number of halogens is 2. The smallest absolute Gasteiger partial charge is 0.185 e. The van der Waals surface area contributed by atoms with Crippen LogP contribution in [0.4, 0.5) is 8.78 Å². The Morgan fingerprint density at radius 1 is 1.43 bits per heavy atom. The van der Waals surface area contributed by atoms with E-state index >= 15 is 0 Å². The Bertz CT molecular complexity index is 519. The molecule has 0 N–H and O–H groups in total. The molecule has 0 saturated heterocycles. The molecular weight excluding hydrogens is 190 g/mol. The highest BCUT2D eigenvalue weighted by Crippen LogP contribution is 2.18. The van der Waals surface area contributed by atoms with E-state index in [1.807, 2.05) is 0 Å². The van der Waals surface area contributed by atoms with Gasteiger partial charge in [0.05, 0.1) is 5.52 Å². The number of imidazole rings is 1. The SMILES string of the molecule is Cn1c(C=O)nc2c(F)cc(F)cc21. The molecule has 0 unspecified atom stereocenters. The van der Waals surface area contributed by atoms with E-state index in [0.717, 1.165) is 12.1 Å². The molecule has 0 bridgehead atoms. The van der Waals surface area contributed by atoms with Gasteiger partial charge in [0.2, 0.25) is 0 Å². The number of fused-ring (bicyclic) bond motifs is 1. The first-order valence-electron chi connectivity index (χ1n) is 3.90. The van der Waals surface area contributed by atoms with Crippen LogP contribution in [0.3, 0.4) is 0 Å². The minimum atomic E-state index is -0.760. The van der Waals surface area contributed by atoms with Gasteiger partial charge >= 0.3 is 0 Å². The van der Waals surface area contributed by atoms with E-state index in [0.29, 0.717) is 6.29 Å². The highest BCUT2D eigenvalue weighted by atomic mass is 19.1. The first kappa shape index (κ1) is 8.80. The van der Waals surface area contributed by atoms with Gasteiger partial charge in [-0.05, 0) is 6.07 Å². The summed E-state index contributed by atoms with van der Waals surface area (Å²) in [4.78, 5) is 14.2. The number of aromatic nitrogens is 2. The highest BCUT2D eigenvalue weighted by Gasteiger charge is 2.12. The number of hydrogen-bond acceptors (Lipinski definition) is 2. The van der Waals surface area contributed by atoms with Crippen LogP contribution < -0.4 is 0 Å². The first-order valence-corrected chi connectivity index (χ1v) is 3.90. The number of benzene rings is 1. The molecule has 14 heavy (non-hydrogen) atoms. The molecule has 2 rings (SSSR count). The van der Waals surface area contributed by atoms with Crippen molar-refractivity contribution >= 4 is 17.3 Å². The zero-order valence-corrected chi connectivity index (χ0v) is 7.29.